The van der Waals surface area contributed by atoms with Crippen LogP contribution < -0.4 is 16.0 Å². The Hall–Kier alpha value is -3.45. The van der Waals surface area contributed by atoms with Crippen LogP contribution >= 0.6 is 0 Å². The summed E-state index contributed by atoms with van der Waals surface area (Å²) >= 11 is 0. The Bertz CT molecular complexity index is 1150. The minimum Gasteiger partial charge on any atom is -0.383 e. The van der Waals surface area contributed by atoms with Gasteiger partial charge in [0.2, 0.25) is 5.95 Å². The molecule has 7 heteroatoms. The zero-order valence-electron chi connectivity index (χ0n) is 17.6. The fourth-order valence-electron chi connectivity index (χ4n) is 4.05. The third kappa shape index (κ3) is 4.36. The van der Waals surface area contributed by atoms with Gasteiger partial charge < -0.3 is 16.0 Å². The van der Waals surface area contributed by atoms with Crippen LogP contribution in [0.5, 0.6) is 0 Å². The molecule has 2 atom stereocenters. The van der Waals surface area contributed by atoms with Gasteiger partial charge in [-0.1, -0.05) is 30.3 Å². The van der Waals surface area contributed by atoms with E-state index < -0.39 is 0 Å². The molecule has 0 radical (unpaired) electrons. The maximum absolute atomic E-state index is 4.72. The largest absolute Gasteiger partial charge is 0.383 e. The van der Waals surface area contributed by atoms with Gasteiger partial charge in [0.1, 0.15) is 12.1 Å². The number of anilines is 2. The predicted octanol–water partition coefficient (Wildman–Crippen LogP) is 4.15. The Morgan fingerprint density at radius 2 is 2.03 bits per heavy atom. The summed E-state index contributed by atoms with van der Waals surface area (Å²) in [5.41, 5.74) is 4.24. The number of fused-ring (bicyclic) bond motifs is 1. The normalized spacial score (nSPS) is 17.0. The fraction of sp³-hybridized carbons (Fsp3) is 0.292. The summed E-state index contributed by atoms with van der Waals surface area (Å²) in [5, 5.41) is 10.4. The van der Waals surface area contributed by atoms with Crippen molar-refractivity contribution in [3.05, 3.63) is 72.7 Å². The topological polar surface area (TPSA) is 79.7 Å². The van der Waals surface area contributed by atoms with Crippen molar-refractivity contribution in [3.63, 3.8) is 0 Å². The molecular formula is C24H27N7. The highest BCUT2D eigenvalue weighted by atomic mass is 15.2. The molecule has 2 aromatic carbocycles. The molecule has 0 spiro atoms. The lowest BCUT2D eigenvalue weighted by Crippen LogP contribution is -2.29. The molecule has 4 aromatic rings. The number of aromatic nitrogens is 4. The first-order valence-corrected chi connectivity index (χ1v) is 10.9. The number of benzene rings is 2. The van der Waals surface area contributed by atoms with Crippen molar-refractivity contribution < 1.29 is 0 Å². The smallest absolute Gasteiger partial charge is 0.225 e. The van der Waals surface area contributed by atoms with E-state index in [1.165, 1.54) is 18.4 Å². The van der Waals surface area contributed by atoms with Gasteiger partial charge in [0.25, 0.3) is 0 Å². The molecule has 0 saturated carbocycles. The molecule has 1 aliphatic rings. The molecule has 0 amide bonds. The molecule has 0 bridgehead atoms. The van der Waals surface area contributed by atoms with Crippen molar-refractivity contribution in [2.75, 3.05) is 23.7 Å². The van der Waals surface area contributed by atoms with E-state index in [4.69, 9.17) is 4.98 Å². The maximum atomic E-state index is 4.72. The van der Waals surface area contributed by atoms with Gasteiger partial charge in [-0.2, -0.15) is 4.98 Å². The summed E-state index contributed by atoms with van der Waals surface area (Å²) in [5.74, 6) is 1.38. The molecule has 158 valence electrons. The van der Waals surface area contributed by atoms with Gasteiger partial charge in [-0.05, 0) is 56.1 Å². The highest BCUT2D eigenvalue weighted by Gasteiger charge is 2.14. The zero-order chi connectivity index (χ0) is 21.0. The Labute approximate surface area is 182 Å². The molecule has 31 heavy (non-hydrogen) atoms. The van der Waals surface area contributed by atoms with Gasteiger partial charge in [-0.15, -0.1) is 0 Å². The Balaban J connectivity index is 1.33. The van der Waals surface area contributed by atoms with Crippen LogP contribution in [-0.4, -0.2) is 38.7 Å². The quantitative estimate of drug-likeness (QED) is 0.422. The second-order valence-electron chi connectivity index (χ2n) is 8.01. The van der Waals surface area contributed by atoms with Gasteiger partial charge in [-0.3, -0.25) is 4.57 Å². The van der Waals surface area contributed by atoms with Gasteiger partial charge in [-0.25, -0.2) is 9.97 Å². The number of hydrogen-bond acceptors (Lipinski definition) is 6. The van der Waals surface area contributed by atoms with Crippen molar-refractivity contribution in [3.8, 4) is 5.82 Å². The van der Waals surface area contributed by atoms with Gasteiger partial charge in [0, 0.05) is 24.5 Å². The van der Waals surface area contributed by atoms with Crippen LogP contribution in [0.1, 0.15) is 31.4 Å². The standard InChI is InChI=1S/C24H27N7/c1-17(18-6-3-2-4-7-18)29-24-26-13-11-23(30-24)31-16-28-21-14-19(9-10-22(21)31)27-15-20-8-5-12-25-20/h2-4,6-7,9-11,13-14,16-17,20,25,27H,5,8,12,15H2,1H3,(H,26,29,30)/t17?,20-/m0/s1. The molecule has 1 saturated heterocycles. The Morgan fingerprint density at radius 3 is 2.87 bits per heavy atom. The summed E-state index contributed by atoms with van der Waals surface area (Å²) in [7, 11) is 0. The summed E-state index contributed by atoms with van der Waals surface area (Å²) in [4.78, 5) is 13.7. The lowest BCUT2D eigenvalue weighted by atomic mass is 10.1. The molecular weight excluding hydrogens is 386 g/mol. The second-order valence-corrected chi connectivity index (χ2v) is 8.01. The number of nitrogens with zero attached hydrogens (tertiary/aromatic N) is 4. The first kappa shape index (κ1) is 19.5. The van der Waals surface area contributed by atoms with E-state index in [9.17, 15) is 0 Å². The maximum Gasteiger partial charge on any atom is 0.225 e. The van der Waals surface area contributed by atoms with Crippen LogP contribution in [0.2, 0.25) is 0 Å². The third-order valence-electron chi connectivity index (χ3n) is 5.80. The van der Waals surface area contributed by atoms with E-state index in [0.717, 1.165) is 35.6 Å². The van der Waals surface area contributed by atoms with Crippen molar-refractivity contribution in [1.82, 2.24) is 24.8 Å². The Morgan fingerprint density at radius 1 is 1.13 bits per heavy atom. The van der Waals surface area contributed by atoms with Crippen LogP contribution in [0.15, 0.2) is 67.1 Å². The number of hydrogen-bond donors (Lipinski definition) is 3. The summed E-state index contributed by atoms with van der Waals surface area (Å²) < 4.78 is 2.00. The molecule has 0 aliphatic carbocycles. The average molecular weight is 414 g/mol. The van der Waals surface area contributed by atoms with Gasteiger partial charge in [0.05, 0.1) is 17.1 Å². The first-order chi connectivity index (χ1) is 15.3. The molecule has 3 N–H and O–H groups in total. The average Bonchev–Trinajstić information content (AvgIpc) is 3.48. The number of imidazole rings is 1. The molecule has 1 unspecified atom stereocenters. The van der Waals surface area contributed by atoms with E-state index in [-0.39, 0.29) is 6.04 Å². The van der Waals surface area contributed by atoms with E-state index in [1.54, 1.807) is 6.20 Å². The van der Waals surface area contributed by atoms with Gasteiger partial charge >= 0.3 is 0 Å². The van der Waals surface area contributed by atoms with Crippen LogP contribution in [-0.2, 0) is 0 Å². The number of nitrogens with one attached hydrogen (secondary N) is 3. The fourth-order valence-corrected chi connectivity index (χ4v) is 4.05. The highest BCUT2D eigenvalue weighted by molar-refractivity contribution is 5.81. The van der Waals surface area contributed by atoms with Crippen LogP contribution in [0.3, 0.4) is 0 Å². The van der Waals surface area contributed by atoms with E-state index in [1.807, 2.05) is 35.2 Å². The predicted molar refractivity (Wildman–Crippen MR) is 125 cm³/mol. The lowest BCUT2D eigenvalue weighted by molar-refractivity contribution is 0.633. The van der Waals surface area contributed by atoms with Gasteiger partial charge in [0.15, 0.2) is 0 Å². The molecule has 3 heterocycles. The van der Waals surface area contributed by atoms with Crippen molar-refractivity contribution >= 4 is 22.7 Å². The molecule has 7 nitrogen and oxygen atoms in total. The molecule has 2 aromatic heterocycles. The Kier molecular flexibility index (Phi) is 5.50. The summed E-state index contributed by atoms with van der Waals surface area (Å²) in [6, 6.07) is 19.1. The van der Waals surface area contributed by atoms with Crippen LogP contribution in [0.4, 0.5) is 11.6 Å². The zero-order valence-corrected chi connectivity index (χ0v) is 17.6. The van der Waals surface area contributed by atoms with Crippen LogP contribution in [0, 0.1) is 0 Å². The minimum atomic E-state index is 0.110. The van der Waals surface area contributed by atoms with Crippen molar-refractivity contribution in [1.29, 1.82) is 0 Å². The van der Waals surface area contributed by atoms with E-state index in [2.05, 4.69) is 63.2 Å². The second kappa shape index (κ2) is 8.73. The lowest BCUT2D eigenvalue weighted by Gasteiger charge is -2.15. The third-order valence-corrected chi connectivity index (χ3v) is 5.80. The number of rotatable bonds is 7. The van der Waals surface area contributed by atoms with Crippen LogP contribution in [0.25, 0.3) is 16.9 Å². The summed E-state index contributed by atoms with van der Waals surface area (Å²) in [6.45, 7) is 4.16. The van der Waals surface area contributed by atoms with E-state index in [0.29, 0.717) is 12.0 Å². The highest BCUT2D eigenvalue weighted by Crippen LogP contribution is 2.22. The first-order valence-electron chi connectivity index (χ1n) is 10.9. The monoisotopic (exact) mass is 413 g/mol. The minimum absolute atomic E-state index is 0.110. The van der Waals surface area contributed by atoms with E-state index >= 15 is 0 Å². The van der Waals surface area contributed by atoms with Crippen molar-refractivity contribution in [2.45, 2.75) is 31.8 Å². The molecule has 1 fully saturated rings. The summed E-state index contributed by atoms with van der Waals surface area (Å²) in [6.07, 6.45) is 6.09. The SMILES string of the molecule is CC(Nc1nccc(-n2cnc3cc(NC[C@@H]4CCCN4)ccc32)n1)c1ccccc1. The van der Waals surface area contributed by atoms with Crippen molar-refractivity contribution in [2.24, 2.45) is 0 Å². The molecule has 5 rings (SSSR count). The molecule has 1 aliphatic heterocycles.